The maximum absolute atomic E-state index is 3.68. The van der Waals surface area contributed by atoms with Crippen LogP contribution in [0.2, 0.25) is 0 Å². The molecule has 0 bridgehead atoms. The normalized spacial score (nSPS) is 14.0. The summed E-state index contributed by atoms with van der Waals surface area (Å²) >= 11 is 0. The standard InChI is InChI=1S/C20H21N/c1-15(17-8-4-3-5-9-17)21-16(2)19-13-12-18-10-6-7-11-20(18)14-19/h3-16,21H,1-2H3/t15-,16-/m1/s1. The minimum atomic E-state index is 0.324. The third kappa shape index (κ3) is 3.14. The molecular formula is C20H21N. The van der Waals surface area contributed by atoms with Crippen LogP contribution in [-0.2, 0) is 0 Å². The van der Waals surface area contributed by atoms with Gasteiger partial charge < -0.3 is 5.32 Å². The van der Waals surface area contributed by atoms with E-state index in [4.69, 9.17) is 0 Å². The van der Waals surface area contributed by atoms with Gasteiger partial charge in [0.2, 0.25) is 0 Å². The molecule has 0 radical (unpaired) electrons. The molecule has 2 atom stereocenters. The fraction of sp³-hybridized carbons (Fsp3) is 0.200. The lowest BCUT2D eigenvalue weighted by atomic mass is 10.0. The summed E-state index contributed by atoms with van der Waals surface area (Å²) in [5.74, 6) is 0. The van der Waals surface area contributed by atoms with Crippen molar-refractivity contribution in [1.29, 1.82) is 0 Å². The van der Waals surface area contributed by atoms with Gasteiger partial charge in [-0.25, -0.2) is 0 Å². The molecule has 1 nitrogen and oxygen atoms in total. The van der Waals surface area contributed by atoms with Gasteiger partial charge in [0, 0.05) is 12.1 Å². The second-order valence-corrected chi connectivity index (χ2v) is 5.63. The van der Waals surface area contributed by atoms with Crippen LogP contribution in [-0.4, -0.2) is 0 Å². The van der Waals surface area contributed by atoms with Gasteiger partial charge in [-0.15, -0.1) is 0 Å². The van der Waals surface area contributed by atoms with Gasteiger partial charge in [0.1, 0.15) is 0 Å². The van der Waals surface area contributed by atoms with E-state index in [2.05, 4.69) is 92.0 Å². The third-order valence-electron chi connectivity index (χ3n) is 4.07. The molecule has 21 heavy (non-hydrogen) atoms. The fourth-order valence-electron chi connectivity index (χ4n) is 2.79. The van der Waals surface area contributed by atoms with E-state index in [1.54, 1.807) is 0 Å². The van der Waals surface area contributed by atoms with E-state index in [0.717, 1.165) is 0 Å². The highest BCUT2D eigenvalue weighted by Crippen LogP contribution is 2.23. The van der Waals surface area contributed by atoms with E-state index < -0.39 is 0 Å². The Morgan fingerprint density at radius 2 is 1.24 bits per heavy atom. The van der Waals surface area contributed by atoms with Gasteiger partial charge in [0.05, 0.1) is 0 Å². The van der Waals surface area contributed by atoms with E-state index in [1.165, 1.54) is 21.9 Å². The highest BCUT2D eigenvalue weighted by atomic mass is 14.9. The van der Waals surface area contributed by atoms with Gasteiger partial charge in [-0.3, -0.25) is 0 Å². The summed E-state index contributed by atoms with van der Waals surface area (Å²) in [7, 11) is 0. The first-order valence-corrected chi connectivity index (χ1v) is 7.54. The molecule has 0 spiro atoms. The van der Waals surface area contributed by atoms with Crippen LogP contribution < -0.4 is 5.32 Å². The molecule has 3 aromatic carbocycles. The Kier molecular flexibility index (Phi) is 4.03. The maximum Gasteiger partial charge on any atom is 0.0297 e. The fourth-order valence-corrected chi connectivity index (χ4v) is 2.79. The van der Waals surface area contributed by atoms with Crippen molar-refractivity contribution in [2.75, 3.05) is 0 Å². The van der Waals surface area contributed by atoms with Gasteiger partial charge in [0.15, 0.2) is 0 Å². The topological polar surface area (TPSA) is 12.0 Å². The summed E-state index contributed by atoms with van der Waals surface area (Å²) in [4.78, 5) is 0. The quantitative estimate of drug-likeness (QED) is 0.685. The molecular weight excluding hydrogens is 254 g/mol. The smallest absolute Gasteiger partial charge is 0.0297 e. The Balaban J connectivity index is 1.79. The molecule has 0 fully saturated rings. The van der Waals surface area contributed by atoms with Crippen LogP contribution in [0, 0.1) is 0 Å². The van der Waals surface area contributed by atoms with Crippen LogP contribution in [0.1, 0.15) is 37.1 Å². The lowest BCUT2D eigenvalue weighted by Crippen LogP contribution is -2.22. The molecule has 0 aliphatic carbocycles. The molecule has 0 aliphatic heterocycles. The number of fused-ring (bicyclic) bond motifs is 1. The molecule has 1 heteroatoms. The van der Waals surface area contributed by atoms with Crippen LogP contribution in [0.25, 0.3) is 10.8 Å². The lowest BCUT2D eigenvalue weighted by molar-refractivity contribution is 0.495. The van der Waals surface area contributed by atoms with Crippen LogP contribution in [0.5, 0.6) is 0 Å². The summed E-state index contributed by atoms with van der Waals surface area (Å²) in [6.45, 7) is 4.44. The average Bonchev–Trinajstić information content (AvgIpc) is 2.55. The summed E-state index contributed by atoms with van der Waals surface area (Å²) in [6, 6.07) is 26.5. The van der Waals surface area contributed by atoms with Crippen molar-refractivity contribution in [3.8, 4) is 0 Å². The van der Waals surface area contributed by atoms with Crippen molar-refractivity contribution in [3.63, 3.8) is 0 Å². The van der Waals surface area contributed by atoms with E-state index in [1.807, 2.05) is 0 Å². The van der Waals surface area contributed by atoms with E-state index in [9.17, 15) is 0 Å². The monoisotopic (exact) mass is 275 g/mol. The van der Waals surface area contributed by atoms with Gasteiger partial charge in [0.25, 0.3) is 0 Å². The third-order valence-corrected chi connectivity index (χ3v) is 4.07. The number of hydrogen-bond donors (Lipinski definition) is 1. The minimum absolute atomic E-state index is 0.324. The van der Waals surface area contributed by atoms with Crippen molar-refractivity contribution in [2.24, 2.45) is 0 Å². The molecule has 0 saturated carbocycles. The second-order valence-electron chi connectivity index (χ2n) is 5.63. The lowest BCUT2D eigenvalue weighted by Gasteiger charge is -2.21. The molecule has 0 unspecified atom stereocenters. The zero-order valence-electron chi connectivity index (χ0n) is 12.6. The van der Waals surface area contributed by atoms with Gasteiger partial charge in [-0.1, -0.05) is 66.7 Å². The Bertz CT molecular complexity index is 718. The molecule has 0 amide bonds. The number of hydrogen-bond acceptors (Lipinski definition) is 1. The molecule has 106 valence electrons. The van der Waals surface area contributed by atoms with Crippen molar-refractivity contribution < 1.29 is 0 Å². The van der Waals surface area contributed by atoms with Crippen LogP contribution in [0.3, 0.4) is 0 Å². The van der Waals surface area contributed by atoms with Crippen molar-refractivity contribution in [2.45, 2.75) is 25.9 Å². The summed E-state index contributed by atoms with van der Waals surface area (Å²) in [6.07, 6.45) is 0. The van der Waals surface area contributed by atoms with Gasteiger partial charge >= 0.3 is 0 Å². The van der Waals surface area contributed by atoms with Crippen molar-refractivity contribution in [3.05, 3.63) is 83.9 Å². The predicted octanol–water partition coefficient (Wildman–Crippen LogP) is 5.25. The van der Waals surface area contributed by atoms with E-state index in [-0.39, 0.29) is 0 Å². The predicted molar refractivity (Wildman–Crippen MR) is 90.4 cm³/mol. The molecule has 1 N–H and O–H groups in total. The number of rotatable bonds is 4. The van der Waals surface area contributed by atoms with Crippen LogP contribution in [0.15, 0.2) is 72.8 Å². The van der Waals surface area contributed by atoms with Crippen LogP contribution >= 0.6 is 0 Å². The number of benzene rings is 3. The second kappa shape index (κ2) is 6.11. The molecule has 0 saturated heterocycles. The zero-order valence-corrected chi connectivity index (χ0v) is 12.6. The molecule has 0 aromatic heterocycles. The molecule has 3 aromatic rings. The zero-order chi connectivity index (χ0) is 14.7. The minimum Gasteiger partial charge on any atom is -0.304 e. The summed E-state index contributed by atoms with van der Waals surface area (Å²) < 4.78 is 0. The molecule has 3 rings (SSSR count). The molecule has 0 aliphatic rings. The Labute approximate surface area is 126 Å². The first-order chi connectivity index (χ1) is 10.2. The van der Waals surface area contributed by atoms with Crippen molar-refractivity contribution >= 4 is 10.8 Å². The summed E-state index contributed by atoms with van der Waals surface area (Å²) in [5, 5.41) is 6.27. The van der Waals surface area contributed by atoms with Gasteiger partial charge in [-0.2, -0.15) is 0 Å². The largest absolute Gasteiger partial charge is 0.304 e. The highest BCUT2D eigenvalue weighted by molar-refractivity contribution is 5.83. The SMILES string of the molecule is C[C@@H](N[C@H](C)c1ccc2ccccc2c1)c1ccccc1. The number of nitrogens with one attached hydrogen (secondary N) is 1. The van der Waals surface area contributed by atoms with Crippen molar-refractivity contribution in [1.82, 2.24) is 5.32 Å². The Hall–Kier alpha value is -2.12. The summed E-state index contributed by atoms with van der Waals surface area (Å²) in [5.41, 5.74) is 2.65. The molecule has 0 heterocycles. The maximum atomic E-state index is 3.68. The Morgan fingerprint density at radius 3 is 2.00 bits per heavy atom. The highest BCUT2D eigenvalue weighted by Gasteiger charge is 2.11. The Morgan fingerprint density at radius 1 is 0.619 bits per heavy atom. The van der Waals surface area contributed by atoms with Gasteiger partial charge in [-0.05, 0) is 41.8 Å². The average molecular weight is 275 g/mol. The first kappa shape index (κ1) is 13.8. The van der Waals surface area contributed by atoms with E-state index >= 15 is 0 Å². The first-order valence-electron chi connectivity index (χ1n) is 7.54. The van der Waals surface area contributed by atoms with E-state index in [0.29, 0.717) is 12.1 Å². The van der Waals surface area contributed by atoms with Crippen LogP contribution in [0.4, 0.5) is 0 Å².